The molecule has 1 aliphatic rings. The van der Waals surface area contributed by atoms with Crippen molar-refractivity contribution < 1.29 is 9.53 Å². The van der Waals surface area contributed by atoms with Gasteiger partial charge in [0.1, 0.15) is 10.8 Å². The number of para-hydroxylation sites is 1. The van der Waals surface area contributed by atoms with Crippen LogP contribution in [-0.2, 0) is 0 Å². The maximum atomic E-state index is 12.8. The number of carbonyl (C=O) groups excluding carboxylic acids is 1. The van der Waals surface area contributed by atoms with Gasteiger partial charge in [0, 0.05) is 16.0 Å². The molecule has 1 amide bonds. The number of methoxy groups -OCH3 is 1. The first-order valence-electron chi connectivity index (χ1n) is 9.92. The number of carbonyl (C=O) groups is 1. The Morgan fingerprint density at radius 3 is 2.59 bits per heavy atom. The summed E-state index contributed by atoms with van der Waals surface area (Å²) in [5.41, 5.74) is 3.60. The van der Waals surface area contributed by atoms with E-state index in [1.165, 1.54) is 40.2 Å². The smallest absolute Gasteiger partial charge is 0.266 e. The number of hydrogen-bond donors (Lipinski definition) is 1. The van der Waals surface area contributed by atoms with Gasteiger partial charge in [0.25, 0.3) is 5.91 Å². The molecule has 29 heavy (non-hydrogen) atoms. The molecule has 1 aliphatic heterocycles. The van der Waals surface area contributed by atoms with Crippen molar-refractivity contribution in [1.82, 2.24) is 4.90 Å². The zero-order valence-electron chi connectivity index (χ0n) is 17.0. The number of nitrogens with zero attached hydrogens (tertiary/aromatic N) is 1. The van der Waals surface area contributed by atoms with Crippen molar-refractivity contribution >= 4 is 33.6 Å². The van der Waals surface area contributed by atoms with E-state index in [0.29, 0.717) is 0 Å². The average molecular weight is 427 g/mol. The average Bonchev–Trinajstić information content (AvgIpc) is 3.48. The molecule has 3 aromatic rings. The number of likely N-dealkylation sites (tertiary alicyclic amines) is 1. The molecule has 0 radical (unpaired) electrons. The summed E-state index contributed by atoms with van der Waals surface area (Å²) in [6.07, 6.45) is 2.40. The highest BCUT2D eigenvalue weighted by Gasteiger charge is 2.32. The summed E-state index contributed by atoms with van der Waals surface area (Å²) >= 11 is 3.13. The predicted molar refractivity (Wildman–Crippen MR) is 122 cm³/mol. The largest absolute Gasteiger partial charge is 0.496 e. The van der Waals surface area contributed by atoms with E-state index in [2.05, 4.69) is 36.2 Å². The lowest BCUT2D eigenvalue weighted by atomic mass is 9.94. The van der Waals surface area contributed by atoms with Gasteiger partial charge in [-0.05, 0) is 62.9 Å². The van der Waals surface area contributed by atoms with Gasteiger partial charge >= 0.3 is 0 Å². The van der Waals surface area contributed by atoms with Gasteiger partial charge in [0.2, 0.25) is 0 Å². The Labute approximate surface area is 180 Å². The van der Waals surface area contributed by atoms with Crippen molar-refractivity contribution in [1.29, 1.82) is 0 Å². The molecule has 0 spiro atoms. The van der Waals surface area contributed by atoms with Gasteiger partial charge in [-0.2, -0.15) is 0 Å². The highest BCUT2D eigenvalue weighted by molar-refractivity contribution is 7.17. The quantitative estimate of drug-likeness (QED) is 0.536. The number of anilines is 1. The molecule has 2 aromatic heterocycles. The number of ether oxygens (including phenoxy) is 1. The molecule has 0 bridgehead atoms. The molecule has 1 unspecified atom stereocenters. The van der Waals surface area contributed by atoms with Crippen LogP contribution in [0.25, 0.3) is 0 Å². The first kappa shape index (κ1) is 20.1. The topological polar surface area (TPSA) is 41.6 Å². The first-order chi connectivity index (χ1) is 14.1. The minimum atomic E-state index is -0.0392. The maximum Gasteiger partial charge on any atom is 0.266 e. The lowest BCUT2D eigenvalue weighted by molar-refractivity contribution is 0.103. The highest BCUT2D eigenvalue weighted by atomic mass is 32.1. The van der Waals surface area contributed by atoms with Crippen LogP contribution in [0.4, 0.5) is 5.00 Å². The molecule has 1 aromatic carbocycles. The minimum Gasteiger partial charge on any atom is -0.496 e. The molecule has 1 saturated heterocycles. The molecular weight excluding hydrogens is 400 g/mol. The van der Waals surface area contributed by atoms with Crippen LogP contribution in [-0.4, -0.2) is 31.0 Å². The van der Waals surface area contributed by atoms with Crippen LogP contribution < -0.4 is 10.1 Å². The van der Waals surface area contributed by atoms with Gasteiger partial charge in [0.05, 0.1) is 18.0 Å². The second-order valence-corrected chi connectivity index (χ2v) is 9.52. The third kappa shape index (κ3) is 3.97. The van der Waals surface area contributed by atoms with Crippen LogP contribution in [0.3, 0.4) is 0 Å². The van der Waals surface area contributed by atoms with Gasteiger partial charge < -0.3 is 10.1 Å². The lowest BCUT2D eigenvalue weighted by Gasteiger charge is -2.30. The summed E-state index contributed by atoms with van der Waals surface area (Å²) in [4.78, 5) is 17.3. The Hall–Kier alpha value is -2.15. The molecular formula is C23H26N2O2S2. The van der Waals surface area contributed by atoms with Crippen LogP contribution in [0, 0.1) is 13.8 Å². The monoisotopic (exact) mass is 426 g/mol. The van der Waals surface area contributed by atoms with Crippen molar-refractivity contribution in [2.24, 2.45) is 0 Å². The Morgan fingerprint density at radius 1 is 1.14 bits per heavy atom. The Kier molecular flexibility index (Phi) is 6.04. The van der Waals surface area contributed by atoms with Gasteiger partial charge in [-0.3, -0.25) is 9.69 Å². The molecule has 3 heterocycles. The second kappa shape index (κ2) is 8.69. The van der Waals surface area contributed by atoms with Crippen LogP contribution in [0.2, 0.25) is 0 Å². The summed E-state index contributed by atoms with van der Waals surface area (Å²) in [6, 6.07) is 12.1. The van der Waals surface area contributed by atoms with Crippen molar-refractivity contribution in [2.45, 2.75) is 32.7 Å². The van der Waals surface area contributed by atoms with Crippen molar-refractivity contribution in [3.05, 3.63) is 68.2 Å². The van der Waals surface area contributed by atoms with Gasteiger partial charge in [0.15, 0.2) is 0 Å². The minimum absolute atomic E-state index is 0.0392. The molecule has 1 atom stereocenters. The van der Waals surface area contributed by atoms with Crippen molar-refractivity contribution in [3.8, 4) is 5.75 Å². The SMILES string of the molecule is COc1ccccc1C(c1c(NC(=O)c2cccs2)sc(C)c1C)N1CCCC1. The number of hydrogen-bond acceptors (Lipinski definition) is 5. The first-order valence-corrected chi connectivity index (χ1v) is 11.6. The molecule has 6 heteroatoms. The van der Waals surface area contributed by atoms with E-state index in [1.807, 2.05) is 29.6 Å². The van der Waals surface area contributed by atoms with E-state index in [9.17, 15) is 4.79 Å². The molecule has 0 aliphatic carbocycles. The number of rotatable bonds is 6. The fraction of sp³-hybridized carbons (Fsp3) is 0.348. The summed E-state index contributed by atoms with van der Waals surface area (Å²) in [6.45, 7) is 6.40. The Bertz CT molecular complexity index is 988. The molecule has 152 valence electrons. The van der Waals surface area contributed by atoms with Crippen molar-refractivity contribution in [3.63, 3.8) is 0 Å². The standard InChI is InChI=1S/C23H26N2O2S2/c1-15-16(2)29-23(24-22(26)19-11-8-14-28-19)20(15)21(25-12-6-7-13-25)17-9-4-5-10-18(17)27-3/h4-5,8-11,14,21H,6-7,12-13H2,1-3H3,(H,24,26). The van der Waals surface area contributed by atoms with E-state index in [1.54, 1.807) is 18.4 Å². The van der Waals surface area contributed by atoms with E-state index in [0.717, 1.165) is 34.3 Å². The Morgan fingerprint density at radius 2 is 1.90 bits per heavy atom. The summed E-state index contributed by atoms with van der Waals surface area (Å²) in [5, 5.41) is 6.09. The molecule has 0 saturated carbocycles. The predicted octanol–water partition coefficient (Wildman–Crippen LogP) is 5.87. The van der Waals surface area contributed by atoms with Crippen molar-refractivity contribution in [2.75, 3.05) is 25.5 Å². The summed E-state index contributed by atoms with van der Waals surface area (Å²) in [7, 11) is 1.73. The van der Waals surface area contributed by atoms with Gasteiger partial charge in [-0.1, -0.05) is 24.3 Å². The fourth-order valence-electron chi connectivity index (χ4n) is 4.07. The third-order valence-corrected chi connectivity index (χ3v) is 7.62. The van der Waals surface area contributed by atoms with Crippen LogP contribution >= 0.6 is 22.7 Å². The number of amides is 1. The fourth-order valence-corrected chi connectivity index (χ4v) is 5.77. The van der Waals surface area contributed by atoms with Crippen LogP contribution in [0.15, 0.2) is 41.8 Å². The Balaban J connectivity index is 1.81. The third-order valence-electron chi connectivity index (χ3n) is 5.62. The summed E-state index contributed by atoms with van der Waals surface area (Å²) < 4.78 is 5.72. The second-order valence-electron chi connectivity index (χ2n) is 7.35. The highest BCUT2D eigenvalue weighted by Crippen LogP contribution is 2.45. The lowest BCUT2D eigenvalue weighted by Crippen LogP contribution is -2.28. The number of thiophene rings is 2. The van der Waals surface area contributed by atoms with Gasteiger partial charge in [-0.25, -0.2) is 0 Å². The van der Waals surface area contributed by atoms with Crippen LogP contribution in [0.5, 0.6) is 5.75 Å². The zero-order chi connectivity index (χ0) is 20.4. The van der Waals surface area contributed by atoms with E-state index < -0.39 is 0 Å². The van der Waals surface area contributed by atoms with E-state index >= 15 is 0 Å². The summed E-state index contributed by atoms with van der Waals surface area (Å²) in [5.74, 6) is 0.853. The number of nitrogens with one attached hydrogen (secondary N) is 1. The van der Waals surface area contributed by atoms with E-state index in [-0.39, 0.29) is 11.9 Å². The zero-order valence-corrected chi connectivity index (χ0v) is 18.7. The molecule has 4 rings (SSSR count). The normalized spacial score (nSPS) is 15.4. The number of benzene rings is 1. The van der Waals surface area contributed by atoms with Gasteiger partial charge in [-0.15, -0.1) is 22.7 Å². The van der Waals surface area contributed by atoms with E-state index in [4.69, 9.17) is 4.74 Å². The molecule has 4 nitrogen and oxygen atoms in total. The molecule has 1 N–H and O–H groups in total. The maximum absolute atomic E-state index is 12.8. The number of aryl methyl sites for hydroxylation is 1. The van der Waals surface area contributed by atoms with Crippen LogP contribution in [0.1, 0.15) is 50.1 Å². The molecule has 1 fully saturated rings.